The van der Waals surface area contributed by atoms with E-state index in [4.69, 9.17) is 4.74 Å². The number of nitrogens with zero attached hydrogens (tertiary/aromatic N) is 3. The van der Waals surface area contributed by atoms with Crippen molar-refractivity contribution in [3.05, 3.63) is 52.2 Å². The highest BCUT2D eigenvalue weighted by molar-refractivity contribution is 8.15. The van der Waals surface area contributed by atoms with Gasteiger partial charge in [-0.3, -0.25) is 9.69 Å². The molecule has 2 heterocycles. The fourth-order valence-electron chi connectivity index (χ4n) is 2.22. The van der Waals surface area contributed by atoms with E-state index in [0.29, 0.717) is 11.7 Å². The lowest BCUT2D eigenvalue weighted by Gasteiger charge is -2.15. The number of rotatable bonds is 5. The molecule has 124 valence electrons. The van der Waals surface area contributed by atoms with Gasteiger partial charge in [-0.2, -0.15) is 5.10 Å². The number of hydrogen-bond donors (Lipinski definition) is 0. The maximum atomic E-state index is 12.4. The molecule has 0 bridgehead atoms. The number of thiophene rings is 1. The number of amides is 1. The van der Waals surface area contributed by atoms with E-state index in [1.165, 1.54) is 11.8 Å². The summed E-state index contributed by atoms with van der Waals surface area (Å²) in [4.78, 5) is 15.1. The number of carbonyl (C=O) groups is 1. The van der Waals surface area contributed by atoms with E-state index in [1.54, 1.807) is 29.6 Å². The zero-order valence-electron chi connectivity index (χ0n) is 13.4. The fourth-order valence-corrected chi connectivity index (χ4v) is 3.72. The number of methoxy groups -OCH3 is 1. The third-order valence-electron chi connectivity index (χ3n) is 3.50. The summed E-state index contributed by atoms with van der Waals surface area (Å²) in [5.41, 5.74) is 1.02. The van der Waals surface area contributed by atoms with Crippen molar-refractivity contribution in [1.29, 1.82) is 0 Å². The second-order valence-electron chi connectivity index (χ2n) is 5.18. The molecule has 1 aliphatic rings. The summed E-state index contributed by atoms with van der Waals surface area (Å²) in [6.07, 6.45) is 1.71. The Kier molecular flexibility index (Phi) is 5.32. The molecular weight excluding hydrogens is 342 g/mol. The second-order valence-corrected chi connectivity index (χ2v) is 7.46. The fraction of sp³-hybridized carbons (Fsp3) is 0.235. The van der Waals surface area contributed by atoms with Gasteiger partial charge in [-0.25, -0.2) is 0 Å². The van der Waals surface area contributed by atoms with Crippen molar-refractivity contribution < 1.29 is 9.53 Å². The van der Waals surface area contributed by atoms with Crippen LogP contribution in [0.15, 0.2) is 52.0 Å². The van der Waals surface area contributed by atoms with E-state index in [-0.39, 0.29) is 11.2 Å². The molecule has 1 fully saturated rings. The van der Waals surface area contributed by atoms with Crippen LogP contribution in [0.4, 0.5) is 0 Å². The van der Waals surface area contributed by atoms with Crippen molar-refractivity contribution in [2.24, 2.45) is 10.2 Å². The largest absolute Gasteiger partial charge is 0.497 e. The smallest absolute Gasteiger partial charge is 0.242 e. The quantitative estimate of drug-likeness (QED) is 0.605. The Morgan fingerprint density at radius 2 is 2.08 bits per heavy atom. The Bertz CT molecular complexity index is 755. The Labute approximate surface area is 149 Å². The van der Waals surface area contributed by atoms with Gasteiger partial charge in [-0.1, -0.05) is 30.0 Å². The minimum absolute atomic E-state index is 0.0564. The first kappa shape index (κ1) is 16.7. The van der Waals surface area contributed by atoms with Crippen molar-refractivity contribution in [2.45, 2.75) is 18.7 Å². The van der Waals surface area contributed by atoms with Gasteiger partial charge in [0.1, 0.15) is 5.75 Å². The number of hydrogen-bond acceptors (Lipinski definition) is 6. The average molecular weight is 359 g/mol. The normalized spacial score (nSPS) is 19.6. The van der Waals surface area contributed by atoms with E-state index in [2.05, 4.69) is 10.2 Å². The van der Waals surface area contributed by atoms with Crippen molar-refractivity contribution in [3.8, 4) is 5.75 Å². The molecule has 2 aromatic rings. The van der Waals surface area contributed by atoms with Crippen LogP contribution < -0.4 is 4.74 Å². The van der Waals surface area contributed by atoms with Crippen molar-refractivity contribution in [3.63, 3.8) is 0 Å². The SMILES string of the molecule is COc1ccc(CN2C(=O)[C@H](C)S/C2=N/N=C\c2cccs2)cc1. The molecule has 0 N–H and O–H groups in total. The predicted octanol–water partition coefficient (Wildman–Crippen LogP) is 3.61. The summed E-state index contributed by atoms with van der Waals surface area (Å²) >= 11 is 3.03. The average Bonchev–Trinajstić information content (AvgIpc) is 3.20. The number of amidine groups is 1. The Morgan fingerprint density at radius 3 is 2.75 bits per heavy atom. The molecule has 1 aliphatic heterocycles. The Balaban J connectivity index is 1.75. The number of carbonyl (C=O) groups excluding carboxylic acids is 1. The van der Waals surface area contributed by atoms with Crippen LogP contribution in [0.1, 0.15) is 17.4 Å². The molecule has 1 atom stereocenters. The molecule has 0 spiro atoms. The third-order valence-corrected chi connectivity index (χ3v) is 5.37. The minimum atomic E-state index is -0.140. The lowest BCUT2D eigenvalue weighted by molar-refractivity contribution is -0.126. The molecule has 7 heteroatoms. The summed E-state index contributed by atoms with van der Waals surface area (Å²) in [5, 5.41) is 10.9. The summed E-state index contributed by atoms with van der Waals surface area (Å²) in [7, 11) is 1.63. The topological polar surface area (TPSA) is 54.3 Å². The summed E-state index contributed by atoms with van der Waals surface area (Å²) in [5.74, 6) is 0.851. The van der Waals surface area contributed by atoms with Gasteiger partial charge in [0.15, 0.2) is 5.17 Å². The molecule has 0 radical (unpaired) electrons. The molecule has 1 amide bonds. The second kappa shape index (κ2) is 7.63. The van der Waals surface area contributed by atoms with Crippen LogP contribution in [0.5, 0.6) is 5.75 Å². The monoisotopic (exact) mass is 359 g/mol. The number of ether oxygens (including phenoxy) is 1. The van der Waals surface area contributed by atoms with E-state index >= 15 is 0 Å². The summed E-state index contributed by atoms with van der Waals surface area (Å²) in [6, 6.07) is 11.6. The van der Waals surface area contributed by atoms with E-state index in [0.717, 1.165) is 16.2 Å². The number of thioether (sulfide) groups is 1. The maximum absolute atomic E-state index is 12.4. The molecule has 1 aromatic carbocycles. The minimum Gasteiger partial charge on any atom is -0.497 e. The Morgan fingerprint density at radius 1 is 1.29 bits per heavy atom. The van der Waals surface area contributed by atoms with Crippen LogP contribution in [-0.2, 0) is 11.3 Å². The van der Waals surface area contributed by atoms with Crippen molar-refractivity contribution in [1.82, 2.24) is 4.90 Å². The van der Waals surface area contributed by atoms with Crippen LogP contribution in [0, 0.1) is 0 Å². The van der Waals surface area contributed by atoms with Crippen LogP contribution in [0.25, 0.3) is 0 Å². The van der Waals surface area contributed by atoms with Crippen LogP contribution >= 0.6 is 23.1 Å². The van der Waals surface area contributed by atoms with Crippen LogP contribution in [-0.4, -0.2) is 34.5 Å². The van der Waals surface area contributed by atoms with E-state index in [1.807, 2.05) is 48.7 Å². The van der Waals surface area contributed by atoms with Gasteiger partial charge >= 0.3 is 0 Å². The van der Waals surface area contributed by atoms with Gasteiger partial charge in [0.25, 0.3) is 0 Å². The first-order valence-corrected chi connectivity index (χ1v) is 9.19. The summed E-state index contributed by atoms with van der Waals surface area (Å²) in [6.45, 7) is 2.37. The predicted molar refractivity (Wildman–Crippen MR) is 99.9 cm³/mol. The third kappa shape index (κ3) is 3.85. The molecular formula is C17H17N3O2S2. The maximum Gasteiger partial charge on any atom is 0.242 e. The van der Waals surface area contributed by atoms with Gasteiger partial charge in [-0.05, 0) is 36.1 Å². The standard InChI is InChI=1S/C17H17N3O2S2/c1-12-16(21)20(11-13-5-7-14(22-2)8-6-13)17(24-12)19-18-10-15-4-3-9-23-15/h3-10,12H,11H2,1-2H3/b18-10-,19-17+/t12-/m0/s1. The lowest BCUT2D eigenvalue weighted by atomic mass is 10.2. The zero-order valence-corrected chi connectivity index (χ0v) is 15.0. The van der Waals surface area contributed by atoms with Gasteiger partial charge in [-0.15, -0.1) is 16.4 Å². The van der Waals surface area contributed by atoms with Gasteiger partial charge in [0.05, 0.1) is 25.1 Å². The highest BCUT2D eigenvalue weighted by Gasteiger charge is 2.35. The lowest BCUT2D eigenvalue weighted by Crippen LogP contribution is -2.30. The van der Waals surface area contributed by atoms with Crippen molar-refractivity contribution >= 4 is 40.4 Å². The first-order chi connectivity index (χ1) is 11.7. The van der Waals surface area contributed by atoms with Crippen LogP contribution in [0.2, 0.25) is 0 Å². The Hall–Kier alpha value is -2.12. The van der Waals surface area contributed by atoms with Gasteiger partial charge in [0.2, 0.25) is 5.91 Å². The summed E-state index contributed by atoms with van der Waals surface area (Å²) < 4.78 is 5.16. The molecule has 0 saturated carbocycles. The molecule has 3 rings (SSSR count). The molecule has 0 unspecified atom stereocenters. The highest BCUT2D eigenvalue weighted by atomic mass is 32.2. The van der Waals surface area contributed by atoms with E-state index in [9.17, 15) is 4.79 Å². The highest BCUT2D eigenvalue weighted by Crippen LogP contribution is 2.28. The van der Waals surface area contributed by atoms with Crippen molar-refractivity contribution in [2.75, 3.05) is 7.11 Å². The van der Waals surface area contributed by atoms with Gasteiger partial charge < -0.3 is 4.74 Å². The molecule has 5 nitrogen and oxygen atoms in total. The van der Waals surface area contributed by atoms with Crippen LogP contribution in [0.3, 0.4) is 0 Å². The van der Waals surface area contributed by atoms with E-state index < -0.39 is 0 Å². The zero-order chi connectivity index (χ0) is 16.9. The number of benzene rings is 1. The first-order valence-electron chi connectivity index (χ1n) is 7.43. The van der Waals surface area contributed by atoms with Gasteiger partial charge in [0, 0.05) is 4.88 Å². The molecule has 1 saturated heterocycles. The molecule has 24 heavy (non-hydrogen) atoms. The molecule has 1 aromatic heterocycles. The molecule has 0 aliphatic carbocycles.